The Hall–Kier alpha value is -0.380. The second-order valence-corrected chi connectivity index (χ2v) is 5.43. The number of nitrogens with one attached hydrogen (secondary N) is 1. The van der Waals surface area contributed by atoms with Crippen LogP contribution in [-0.4, -0.2) is 18.4 Å². The molecule has 86 valence electrons. The summed E-state index contributed by atoms with van der Waals surface area (Å²) in [6.07, 6.45) is 2.81. The van der Waals surface area contributed by atoms with Crippen molar-refractivity contribution < 1.29 is 4.79 Å². The van der Waals surface area contributed by atoms with E-state index < -0.39 is 0 Å². The Balaban J connectivity index is 1.89. The molecule has 16 heavy (non-hydrogen) atoms. The van der Waals surface area contributed by atoms with E-state index in [1.54, 1.807) is 0 Å². The lowest BCUT2D eigenvalue weighted by Crippen LogP contribution is -2.25. The van der Waals surface area contributed by atoms with E-state index in [2.05, 4.69) is 21.2 Å². The highest BCUT2D eigenvalue weighted by Crippen LogP contribution is 2.22. The molecule has 1 aromatic rings. The van der Waals surface area contributed by atoms with Crippen LogP contribution in [0.3, 0.4) is 0 Å². The van der Waals surface area contributed by atoms with Crippen LogP contribution < -0.4 is 5.32 Å². The van der Waals surface area contributed by atoms with Crippen LogP contribution in [0.15, 0.2) is 22.7 Å². The first-order chi connectivity index (χ1) is 7.65. The Morgan fingerprint density at radius 1 is 1.50 bits per heavy atom. The predicted octanol–water partition coefficient (Wildman–Crippen LogP) is 2.97. The van der Waals surface area contributed by atoms with E-state index >= 15 is 0 Å². The highest BCUT2D eigenvalue weighted by molar-refractivity contribution is 9.10. The third-order valence-corrected chi connectivity index (χ3v) is 3.41. The molecule has 1 aromatic carbocycles. The van der Waals surface area contributed by atoms with Gasteiger partial charge in [0.05, 0.1) is 6.54 Å². The van der Waals surface area contributed by atoms with E-state index in [4.69, 9.17) is 11.6 Å². The molecule has 1 saturated carbocycles. The van der Waals surface area contributed by atoms with Gasteiger partial charge in [-0.3, -0.25) is 4.79 Å². The summed E-state index contributed by atoms with van der Waals surface area (Å²) in [6.45, 7) is 0.455. The number of halogens is 2. The second kappa shape index (κ2) is 5.30. The first-order valence-electron chi connectivity index (χ1n) is 5.34. The van der Waals surface area contributed by atoms with Gasteiger partial charge >= 0.3 is 0 Å². The Kier molecular flexibility index (Phi) is 4.00. The van der Waals surface area contributed by atoms with Crippen LogP contribution in [-0.2, 0) is 11.2 Å². The minimum Gasteiger partial charge on any atom is -0.307 e. The predicted molar refractivity (Wildman–Crippen MR) is 68.9 cm³/mol. The van der Waals surface area contributed by atoms with Gasteiger partial charge in [-0.2, -0.15) is 0 Å². The van der Waals surface area contributed by atoms with E-state index in [-0.39, 0.29) is 5.78 Å². The molecule has 0 unspecified atom stereocenters. The Labute approximate surface area is 108 Å². The lowest BCUT2D eigenvalue weighted by Gasteiger charge is -2.05. The van der Waals surface area contributed by atoms with Crippen molar-refractivity contribution in [1.29, 1.82) is 0 Å². The molecule has 0 radical (unpaired) electrons. The minimum absolute atomic E-state index is 0.191. The fraction of sp³-hybridized carbons (Fsp3) is 0.417. The van der Waals surface area contributed by atoms with Crippen LogP contribution in [0.2, 0.25) is 5.02 Å². The number of Topliss-reactive ketones (excluding diaryl/α,β-unsaturated/α-hetero) is 1. The maximum atomic E-state index is 11.6. The highest BCUT2D eigenvalue weighted by atomic mass is 79.9. The van der Waals surface area contributed by atoms with Gasteiger partial charge in [-0.25, -0.2) is 0 Å². The molecular formula is C12H13BrClNO. The number of carbonyl (C=O) groups excluding carboxylic acids is 1. The van der Waals surface area contributed by atoms with Gasteiger partial charge in [-0.05, 0) is 30.5 Å². The summed E-state index contributed by atoms with van der Waals surface area (Å²) in [5, 5.41) is 3.85. The van der Waals surface area contributed by atoms with Gasteiger partial charge in [0.25, 0.3) is 0 Å². The molecule has 0 saturated heterocycles. The largest absolute Gasteiger partial charge is 0.307 e. The van der Waals surface area contributed by atoms with Crippen molar-refractivity contribution >= 4 is 33.3 Å². The normalized spacial score (nSPS) is 15.1. The van der Waals surface area contributed by atoms with Gasteiger partial charge in [0.15, 0.2) is 5.78 Å². The van der Waals surface area contributed by atoms with E-state index in [1.807, 2.05) is 18.2 Å². The zero-order valence-electron chi connectivity index (χ0n) is 8.80. The molecule has 1 N–H and O–H groups in total. The highest BCUT2D eigenvalue weighted by Gasteiger charge is 2.21. The average Bonchev–Trinajstić information content (AvgIpc) is 3.03. The number of hydrogen-bond donors (Lipinski definition) is 1. The van der Waals surface area contributed by atoms with Gasteiger partial charge in [0, 0.05) is 22.0 Å². The van der Waals surface area contributed by atoms with E-state index in [0.717, 1.165) is 10.0 Å². The first kappa shape index (κ1) is 12.1. The van der Waals surface area contributed by atoms with Gasteiger partial charge < -0.3 is 5.32 Å². The summed E-state index contributed by atoms with van der Waals surface area (Å²) in [4.78, 5) is 11.6. The Morgan fingerprint density at radius 2 is 2.25 bits per heavy atom. The maximum absolute atomic E-state index is 11.6. The van der Waals surface area contributed by atoms with Crippen LogP contribution in [0.1, 0.15) is 18.4 Å². The van der Waals surface area contributed by atoms with Crippen molar-refractivity contribution in [3.63, 3.8) is 0 Å². The lowest BCUT2D eigenvalue weighted by molar-refractivity contribution is -0.117. The van der Waals surface area contributed by atoms with Crippen molar-refractivity contribution in [3.05, 3.63) is 33.3 Å². The number of hydrogen-bond acceptors (Lipinski definition) is 2. The smallest absolute Gasteiger partial charge is 0.151 e. The molecule has 0 spiro atoms. The summed E-state index contributed by atoms with van der Waals surface area (Å²) in [5.74, 6) is 0.191. The quantitative estimate of drug-likeness (QED) is 0.906. The van der Waals surface area contributed by atoms with Crippen molar-refractivity contribution in [1.82, 2.24) is 5.32 Å². The molecule has 1 aliphatic carbocycles. The second-order valence-electron chi connectivity index (χ2n) is 4.11. The van der Waals surface area contributed by atoms with Crippen molar-refractivity contribution in [2.24, 2.45) is 0 Å². The SMILES string of the molecule is O=C(CNC1CC1)Cc1ccc(Br)cc1Cl. The van der Waals surface area contributed by atoms with E-state index in [1.165, 1.54) is 12.8 Å². The molecule has 1 aliphatic rings. The third-order valence-electron chi connectivity index (χ3n) is 2.57. The zero-order chi connectivity index (χ0) is 11.5. The van der Waals surface area contributed by atoms with Crippen LogP contribution in [0.5, 0.6) is 0 Å². The average molecular weight is 303 g/mol. The Morgan fingerprint density at radius 3 is 2.88 bits per heavy atom. The summed E-state index contributed by atoms with van der Waals surface area (Å²) >= 11 is 9.38. The van der Waals surface area contributed by atoms with Gasteiger partial charge in [0.2, 0.25) is 0 Å². The van der Waals surface area contributed by atoms with E-state index in [0.29, 0.717) is 24.0 Å². The summed E-state index contributed by atoms with van der Waals surface area (Å²) in [7, 11) is 0. The van der Waals surface area contributed by atoms with Crippen molar-refractivity contribution in [3.8, 4) is 0 Å². The fourth-order valence-electron chi connectivity index (χ4n) is 1.49. The lowest BCUT2D eigenvalue weighted by atomic mass is 10.1. The summed E-state index contributed by atoms with van der Waals surface area (Å²) < 4.78 is 0.935. The molecular weight excluding hydrogens is 289 g/mol. The first-order valence-corrected chi connectivity index (χ1v) is 6.51. The molecule has 0 aliphatic heterocycles. The molecule has 0 amide bonds. The zero-order valence-corrected chi connectivity index (χ0v) is 11.1. The van der Waals surface area contributed by atoms with Crippen LogP contribution in [0, 0.1) is 0 Å². The van der Waals surface area contributed by atoms with Gasteiger partial charge in [0.1, 0.15) is 0 Å². The monoisotopic (exact) mass is 301 g/mol. The number of carbonyl (C=O) groups is 1. The summed E-state index contributed by atoms with van der Waals surface area (Å²) in [6, 6.07) is 6.19. The molecule has 0 aromatic heterocycles. The van der Waals surface area contributed by atoms with Gasteiger partial charge in [-0.15, -0.1) is 0 Å². The van der Waals surface area contributed by atoms with Crippen molar-refractivity contribution in [2.45, 2.75) is 25.3 Å². The summed E-state index contributed by atoms with van der Waals surface area (Å²) in [5.41, 5.74) is 0.896. The molecule has 0 heterocycles. The van der Waals surface area contributed by atoms with Crippen molar-refractivity contribution in [2.75, 3.05) is 6.54 Å². The van der Waals surface area contributed by atoms with Crippen LogP contribution in [0.4, 0.5) is 0 Å². The van der Waals surface area contributed by atoms with Crippen LogP contribution in [0.25, 0.3) is 0 Å². The molecule has 4 heteroatoms. The topological polar surface area (TPSA) is 29.1 Å². The number of ketones is 1. The molecule has 0 atom stereocenters. The molecule has 2 nitrogen and oxygen atoms in total. The number of rotatable bonds is 5. The Bertz CT molecular complexity index is 404. The van der Waals surface area contributed by atoms with Gasteiger partial charge in [-0.1, -0.05) is 33.6 Å². The number of benzene rings is 1. The van der Waals surface area contributed by atoms with Crippen LogP contribution >= 0.6 is 27.5 Å². The molecule has 1 fully saturated rings. The third kappa shape index (κ3) is 3.58. The van der Waals surface area contributed by atoms with E-state index in [9.17, 15) is 4.79 Å². The fourth-order valence-corrected chi connectivity index (χ4v) is 2.23. The maximum Gasteiger partial charge on any atom is 0.151 e. The molecule has 2 rings (SSSR count). The molecule has 0 bridgehead atoms. The minimum atomic E-state index is 0.191. The standard InChI is InChI=1S/C12H13BrClNO/c13-9-2-1-8(12(14)6-9)5-11(16)7-15-10-3-4-10/h1-2,6,10,15H,3-5,7H2.